The Morgan fingerprint density at radius 1 is 1.15 bits per heavy atom. The van der Waals surface area contributed by atoms with Crippen molar-refractivity contribution in [1.29, 1.82) is 0 Å². The number of carbonyl (C=O) groups is 2. The predicted molar refractivity (Wildman–Crippen MR) is 105 cm³/mol. The average molecular weight is 367 g/mol. The van der Waals surface area contributed by atoms with E-state index in [-0.39, 0.29) is 17.1 Å². The van der Waals surface area contributed by atoms with E-state index in [0.29, 0.717) is 35.4 Å². The number of nitrogens with one attached hydrogen (secondary N) is 2. The molecule has 2 heterocycles. The molecule has 1 aromatic carbocycles. The highest BCUT2D eigenvalue weighted by atomic mass is 16.3. The highest BCUT2D eigenvalue weighted by Gasteiger charge is 2.36. The molecule has 2 N–H and O–H groups in total. The normalized spacial score (nSPS) is 18.9. The molecule has 1 aromatic heterocycles. The van der Waals surface area contributed by atoms with Gasteiger partial charge in [-0.05, 0) is 29.7 Å². The summed E-state index contributed by atoms with van der Waals surface area (Å²) in [6, 6.07) is 7.82. The Balaban J connectivity index is 1.49. The quantitative estimate of drug-likeness (QED) is 0.872. The third-order valence-corrected chi connectivity index (χ3v) is 5.28. The van der Waals surface area contributed by atoms with Gasteiger partial charge in [-0.25, -0.2) is 0 Å². The number of ketones is 1. The van der Waals surface area contributed by atoms with Crippen LogP contribution >= 0.6 is 0 Å². The maximum absolute atomic E-state index is 12.7. The number of amides is 1. The zero-order valence-corrected chi connectivity index (χ0v) is 15.8. The Morgan fingerprint density at radius 2 is 1.85 bits per heavy atom. The van der Waals surface area contributed by atoms with Crippen molar-refractivity contribution < 1.29 is 14.0 Å². The minimum absolute atomic E-state index is 0.0193. The van der Waals surface area contributed by atoms with Gasteiger partial charge in [-0.15, -0.1) is 0 Å². The summed E-state index contributed by atoms with van der Waals surface area (Å²) in [4.78, 5) is 27.5. The molecule has 1 aliphatic heterocycles. The second-order valence-electron chi connectivity index (χ2n) is 8.13. The lowest BCUT2D eigenvalue weighted by molar-refractivity contribution is 0.0895. The van der Waals surface area contributed by atoms with Gasteiger partial charge >= 0.3 is 0 Å². The zero-order valence-electron chi connectivity index (χ0n) is 15.8. The average Bonchev–Trinajstić information content (AvgIpc) is 3.06. The molecule has 6 heteroatoms. The van der Waals surface area contributed by atoms with Crippen molar-refractivity contribution in [2.24, 2.45) is 5.41 Å². The molecule has 6 nitrogen and oxygen atoms in total. The van der Waals surface area contributed by atoms with Crippen molar-refractivity contribution >= 4 is 23.1 Å². The molecule has 1 aliphatic carbocycles. The highest BCUT2D eigenvalue weighted by molar-refractivity contribution is 6.13. The minimum atomic E-state index is -0.303. The molecule has 2 aliphatic rings. The first kappa shape index (κ1) is 17.8. The molecule has 0 unspecified atom stereocenters. The third kappa shape index (κ3) is 3.62. The Morgan fingerprint density at radius 3 is 2.56 bits per heavy atom. The second kappa shape index (κ2) is 6.85. The van der Waals surface area contributed by atoms with Crippen LogP contribution in [-0.4, -0.2) is 37.9 Å². The van der Waals surface area contributed by atoms with Gasteiger partial charge in [0, 0.05) is 50.4 Å². The molecule has 0 spiro atoms. The molecule has 1 saturated heterocycles. The van der Waals surface area contributed by atoms with Crippen molar-refractivity contribution in [3.63, 3.8) is 0 Å². The van der Waals surface area contributed by atoms with E-state index in [2.05, 4.69) is 15.5 Å². The lowest BCUT2D eigenvalue weighted by atomic mass is 9.76. The molecule has 0 saturated carbocycles. The summed E-state index contributed by atoms with van der Waals surface area (Å²) < 4.78 is 5.56. The van der Waals surface area contributed by atoms with Crippen LogP contribution in [0.15, 0.2) is 34.9 Å². The molecule has 4 rings (SSSR count). The molecule has 2 aromatic rings. The van der Waals surface area contributed by atoms with Crippen molar-refractivity contribution in [1.82, 2.24) is 5.32 Å². The summed E-state index contributed by atoms with van der Waals surface area (Å²) in [6.07, 6.45) is 2.51. The Bertz CT molecular complexity index is 861. The van der Waals surface area contributed by atoms with E-state index in [1.165, 1.54) is 6.26 Å². The topological polar surface area (TPSA) is 74.6 Å². The molecule has 0 atom stereocenters. The molecule has 1 fully saturated rings. The smallest absolute Gasteiger partial charge is 0.259 e. The first-order valence-electron chi connectivity index (χ1n) is 9.44. The summed E-state index contributed by atoms with van der Waals surface area (Å²) in [5, 5.41) is 6.22. The van der Waals surface area contributed by atoms with Crippen LogP contribution < -0.4 is 15.5 Å². The third-order valence-electron chi connectivity index (χ3n) is 5.28. The number of benzene rings is 1. The van der Waals surface area contributed by atoms with Crippen LogP contribution in [0.1, 0.15) is 46.7 Å². The number of Topliss-reactive ketones (excluding diaryl/α,β-unsaturated/α-hetero) is 1. The van der Waals surface area contributed by atoms with Crippen molar-refractivity contribution in [2.75, 3.05) is 36.4 Å². The number of carbonyl (C=O) groups excluding carboxylic acids is 2. The molecular weight excluding hydrogens is 342 g/mol. The Kier molecular flexibility index (Phi) is 4.52. The molecule has 0 radical (unpaired) electrons. The van der Waals surface area contributed by atoms with Crippen LogP contribution in [0.4, 0.5) is 11.4 Å². The van der Waals surface area contributed by atoms with Gasteiger partial charge in [0.25, 0.3) is 5.91 Å². The zero-order chi connectivity index (χ0) is 19.0. The van der Waals surface area contributed by atoms with E-state index >= 15 is 0 Å². The van der Waals surface area contributed by atoms with Gasteiger partial charge in [0.1, 0.15) is 12.0 Å². The predicted octanol–water partition coefficient (Wildman–Crippen LogP) is 3.10. The number of fused-ring (bicyclic) bond motifs is 1. The first-order valence-corrected chi connectivity index (χ1v) is 9.44. The van der Waals surface area contributed by atoms with E-state index in [9.17, 15) is 9.59 Å². The van der Waals surface area contributed by atoms with Gasteiger partial charge in [0.15, 0.2) is 5.78 Å². The number of piperazine rings is 1. The monoisotopic (exact) mass is 367 g/mol. The summed E-state index contributed by atoms with van der Waals surface area (Å²) in [6.45, 7) is 7.99. The summed E-state index contributed by atoms with van der Waals surface area (Å²) in [5.41, 5.74) is 2.50. The lowest BCUT2D eigenvalue weighted by Crippen LogP contribution is -2.43. The number of rotatable bonds is 3. The van der Waals surface area contributed by atoms with E-state index in [4.69, 9.17) is 4.42 Å². The van der Waals surface area contributed by atoms with Crippen molar-refractivity contribution in [3.8, 4) is 0 Å². The fourth-order valence-electron chi connectivity index (χ4n) is 3.90. The standard InChI is InChI=1S/C21H25N3O3/c1-21(2)11-17(25)19-16(13-27-18(19)12-21)20(26)23-14-3-5-15(6-4-14)24-9-7-22-8-10-24/h3-6,13,22H,7-12H2,1-2H3,(H,23,26). The summed E-state index contributed by atoms with van der Waals surface area (Å²) >= 11 is 0. The van der Waals surface area contributed by atoms with Crippen LogP contribution in [-0.2, 0) is 6.42 Å². The lowest BCUT2D eigenvalue weighted by Gasteiger charge is -2.29. The van der Waals surface area contributed by atoms with Crippen LogP contribution in [0.2, 0.25) is 0 Å². The summed E-state index contributed by atoms with van der Waals surface area (Å²) in [7, 11) is 0. The Hall–Kier alpha value is -2.60. The minimum Gasteiger partial charge on any atom is -0.468 e. The number of anilines is 2. The van der Waals surface area contributed by atoms with Crippen molar-refractivity contribution in [3.05, 3.63) is 47.4 Å². The van der Waals surface area contributed by atoms with Gasteiger partial charge in [-0.1, -0.05) is 13.8 Å². The number of hydrogen-bond acceptors (Lipinski definition) is 5. The largest absolute Gasteiger partial charge is 0.468 e. The van der Waals surface area contributed by atoms with Gasteiger partial charge in [-0.3, -0.25) is 9.59 Å². The highest BCUT2D eigenvalue weighted by Crippen LogP contribution is 2.37. The van der Waals surface area contributed by atoms with Gasteiger partial charge in [0.05, 0.1) is 11.1 Å². The van der Waals surface area contributed by atoms with E-state index in [1.54, 1.807) is 0 Å². The number of furan rings is 1. The molecule has 142 valence electrons. The van der Waals surface area contributed by atoms with E-state index < -0.39 is 0 Å². The molecule has 0 bridgehead atoms. The fraction of sp³-hybridized carbons (Fsp3) is 0.429. The van der Waals surface area contributed by atoms with Crippen LogP contribution in [0.3, 0.4) is 0 Å². The van der Waals surface area contributed by atoms with Gasteiger partial charge in [-0.2, -0.15) is 0 Å². The second-order valence-corrected chi connectivity index (χ2v) is 8.13. The Labute approximate surface area is 158 Å². The number of hydrogen-bond donors (Lipinski definition) is 2. The molecule has 27 heavy (non-hydrogen) atoms. The van der Waals surface area contributed by atoms with Crippen LogP contribution in [0.5, 0.6) is 0 Å². The fourth-order valence-corrected chi connectivity index (χ4v) is 3.90. The maximum atomic E-state index is 12.7. The molecule has 1 amide bonds. The molecular formula is C21H25N3O3. The number of nitrogens with zero attached hydrogens (tertiary/aromatic N) is 1. The first-order chi connectivity index (χ1) is 12.9. The van der Waals surface area contributed by atoms with Gasteiger partial charge < -0.3 is 20.0 Å². The van der Waals surface area contributed by atoms with E-state index in [0.717, 1.165) is 31.9 Å². The summed E-state index contributed by atoms with van der Waals surface area (Å²) in [5.74, 6) is 0.299. The maximum Gasteiger partial charge on any atom is 0.259 e. The van der Waals surface area contributed by atoms with Crippen LogP contribution in [0.25, 0.3) is 0 Å². The van der Waals surface area contributed by atoms with Gasteiger partial charge in [0.2, 0.25) is 0 Å². The van der Waals surface area contributed by atoms with E-state index in [1.807, 2.05) is 38.1 Å². The SMILES string of the molecule is CC1(C)CC(=O)c2c(C(=O)Nc3ccc(N4CCNCC4)cc3)coc2C1. The van der Waals surface area contributed by atoms with Crippen LogP contribution in [0, 0.1) is 5.41 Å². The van der Waals surface area contributed by atoms with Crippen molar-refractivity contribution in [2.45, 2.75) is 26.7 Å².